The molecule has 0 bridgehead atoms. The third kappa shape index (κ3) is 5.02. The van der Waals surface area contributed by atoms with Gasteiger partial charge >= 0.3 is 5.97 Å². The molecule has 2 unspecified atom stereocenters. The third-order valence-corrected chi connectivity index (χ3v) is 2.90. The lowest BCUT2D eigenvalue weighted by Crippen LogP contribution is -2.46. The Morgan fingerprint density at radius 1 is 1.65 bits per heavy atom. The Hall–Kier alpha value is -0.650. The maximum absolute atomic E-state index is 11.7. The van der Waals surface area contributed by atoms with Gasteiger partial charge in [-0.2, -0.15) is 0 Å². The molecule has 17 heavy (non-hydrogen) atoms. The van der Waals surface area contributed by atoms with E-state index >= 15 is 0 Å². The average Bonchev–Trinajstić information content (AvgIpc) is 2.50. The first-order valence-corrected chi connectivity index (χ1v) is 6.35. The number of carbonyl (C=O) groups excluding carboxylic acids is 1. The fourth-order valence-electron chi connectivity index (χ4n) is 2.03. The van der Waals surface area contributed by atoms with Crippen LogP contribution in [0.15, 0.2) is 0 Å². The molecule has 1 saturated heterocycles. The molecule has 0 saturated carbocycles. The van der Waals surface area contributed by atoms with Crippen LogP contribution in [0.4, 0.5) is 0 Å². The highest BCUT2D eigenvalue weighted by Crippen LogP contribution is 2.06. The van der Waals surface area contributed by atoms with E-state index in [-0.39, 0.29) is 18.1 Å². The van der Waals surface area contributed by atoms with Gasteiger partial charge in [-0.3, -0.25) is 9.69 Å². The summed E-state index contributed by atoms with van der Waals surface area (Å²) in [6.45, 7) is 7.66. The molecule has 1 heterocycles. The Labute approximate surface area is 103 Å². The van der Waals surface area contributed by atoms with Crippen LogP contribution >= 0.6 is 0 Å². The van der Waals surface area contributed by atoms with Gasteiger partial charge in [-0.15, -0.1) is 0 Å². The van der Waals surface area contributed by atoms with Gasteiger partial charge in [0.2, 0.25) is 0 Å². The first-order chi connectivity index (χ1) is 8.17. The largest absolute Gasteiger partial charge is 0.465 e. The van der Waals surface area contributed by atoms with Gasteiger partial charge in [0.15, 0.2) is 0 Å². The number of carbonyl (C=O) groups is 1. The lowest BCUT2D eigenvalue weighted by atomic mass is 10.2. The van der Waals surface area contributed by atoms with E-state index < -0.39 is 0 Å². The third-order valence-electron chi connectivity index (χ3n) is 2.90. The molecule has 1 N–H and O–H groups in total. The second-order valence-electron chi connectivity index (χ2n) is 4.39. The van der Waals surface area contributed by atoms with Crippen molar-refractivity contribution >= 4 is 5.97 Å². The topological polar surface area (TPSA) is 50.8 Å². The minimum Gasteiger partial charge on any atom is -0.465 e. The van der Waals surface area contributed by atoms with E-state index in [9.17, 15) is 4.79 Å². The Morgan fingerprint density at radius 2 is 2.41 bits per heavy atom. The van der Waals surface area contributed by atoms with E-state index in [0.717, 1.165) is 26.1 Å². The summed E-state index contributed by atoms with van der Waals surface area (Å²) in [5, 5.41) is 3.01. The molecule has 1 aliphatic heterocycles. The van der Waals surface area contributed by atoms with Crippen molar-refractivity contribution in [1.29, 1.82) is 0 Å². The molecule has 0 aromatic carbocycles. The number of esters is 1. The van der Waals surface area contributed by atoms with Gasteiger partial charge in [-0.05, 0) is 27.3 Å². The molecule has 100 valence electrons. The first-order valence-electron chi connectivity index (χ1n) is 6.35. The minimum atomic E-state index is -0.250. The maximum Gasteiger partial charge on any atom is 0.324 e. The molecular formula is C12H24N2O3. The standard InChI is InChI=1S/C12H24N2O3/c1-4-16-12(15)11(13-3)9-14-6-5-7-17-10(2)8-14/h10-11,13H,4-9H2,1-3H3. The minimum absolute atomic E-state index is 0.173. The summed E-state index contributed by atoms with van der Waals surface area (Å²) < 4.78 is 10.6. The SMILES string of the molecule is CCOC(=O)C(CN1CCCOC(C)C1)NC. The number of ether oxygens (including phenoxy) is 2. The van der Waals surface area contributed by atoms with Crippen LogP contribution in [0.2, 0.25) is 0 Å². The van der Waals surface area contributed by atoms with Crippen molar-refractivity contribution in [2.75, 3.05) is 39.9 Å². The number of nitrogens with one attached hydrogen (secondary N) is 1. The Balaban J connectivity index is 2.45. The van der Waals surface area contributed by atoms with E-state index in [1.54, 1.807) is 7.05 Å². The number of hydrogen-bond donors (Lipinski definition) is 1. The molecule has 2 atom stereocenters. The van der Waals surface area contributed by atoms with Crippen molar-refractivity contribution in [2.24, 2.45) is 0 Å². The summed E-state index contributed by atoms with van der Waals surface area (Å²) in [5.74, 6) is -0.173. The zero-order valence-electron chi connectivity index (χ0n) is 11.1. The molecule has 5 heteroatoms. The van der Waals surface area contributed by atoms with Crippen molar-refractivity contribution in [3.8, 4) is 0 Å². The molecule has 1 aliphatic rings. The lowest BCUT2D eigenvalue weighted by Gasteiger charge is -2.25. The lowest BCUT2D eigenvalue weighted by molar-refractivity contribution is -0.146. The van der Waals surface area contributed by atoms with Crippen LogP contribution in [0, 0.1) is 0 Å². The highest BCUT2D eigenvalue weighted by Gasteiger charge is 2.23. The van der Waals surface area contributed by atoms with Crippen molar-refractivity contribution in [3.63, 3.8) is 0 Å². The summed E-state index contributed by atoms with van der Waals surface area (Å²) in [5.41, 5.74) is 0. The van der Waals surface area contributed by atoms with Gasteiger partial charge in [0.1, 0.15) is 6.04 Å². The van der Waals surface area contributed by atoms with E-state index in [4.69, 9.17) is 9.47 Å². The zero-order chi connectivity index (χ0) is 12.7. The van der Waals surface area contributed by atoms with Gasteiger partial charge in [-0.25, -0.2) is 0 Å². The second kappa shape index (κ2) is 7.63. The molecule has 5 nitrogen and oxygen atoms in total. The van der Waals surface area contributed by atoms with Crippen LogP contribution in [0.1, 0.15) is 20.3 Å². The summed E-state index contributed by atoms with van der Waals surface area (Å²) >= 11 is 0. The van der Waals surface area contributed by atoms with Gasteiger partial charge in [-0.1, -0.05) is 0 Å². The summed E-state index contributed by atoms with van der Waals surface area (Å²) in [4.78, 5) is 13.9. The number of likely N-dealkylation sites (N-methyl/N-ethyl adjacent to an activating group) is 1. The molecule has 0 radical (unpaired) electrons. The predicted molar refractivity (Wildman–Crippen MR) is 66.0 cm³/mol. The fraction of sp³-hybridized carbons (Fsp3) is 0.917. The number of rotatable bonds is 5. The van der Waals surface area contributed by atoms with Crippen molar-refractivity contribution < 1.29 is 14.3 Å². The van der Waals surface area contributed by atoms with Crippen molar-refractivity contribution in [3.05, 3.63) is 0 Å². The zero-order valence-corrected chi connectivity index (χ0v) is 11.1. The van der Waals surface area contributed by atoms with E-state index in [0.29, 0.717) is 13.2 Å². The van der Waals surface area contributed by atoms with Crippen LogP contribution in [-0.2, 0) is 14.3 Å². The average molecular weight is 244 g/mol. The van der Waals surface area contributed by atoms with Crippen LogP contribution in [0.5, 0.6) is 0 Å². The van der Waals surface area contributed by atoms with Crippen LogP contribution in [0.25, 0.3) is 0 Å². The molecule has 0 spiro atoms. The quantitative estimate of drug-likeness (QED) is 0.703. The molecule has 0 aromatic rings. The molecular weight excluding hydrogens is 220 g/mol. The molecule has 1 fully saturated rings. The van der Waals surface area contributed by atoms with Crippen molar-refractivity contribution in [1.82, 2.24) is 10.2 Å². The van der Waals surface area contributed by atoms with Crippen molar-refractivity contribution in [2.45, 2.75) is 32.4 Å². The summed E-state index contributed by atoms with van der Waals surface area (Å²) in [6, 6.07) is -0.250. The van der Waals surface area contributed by atoms with E-state index in [1.165, 1.54) is 0 Å². The number of nitrogens with zero attached hydrogens (tertiary/aromatic N) is 1. The second-order valence-corrected chi connectivity index (χ2v) is 4.39. The van der Waals surface area contributed by atoms with Crippen LogP contribution in [-0.4, -0.2) is 62.9 Å². The van der Waals surface area contributed by atoms with Gasteiger partial charge in [0, 0.05) is 26.2 Å². The fourth-order valence-corrected chi connectivity index (χ4v) is 2.03. The monoisotopic (exact) mass is 244 g/mol. The molecule has 1 rings (SSSR count). The molecule has 0 aromatic heterocycles. The van der Waals surface area contributed by atoms with Crippen LogP contribution in [0.3, 0.4) is 0 Å². The summed E-state index contributed by atoms with van der Waals surface area (Å²) in [6.07, 6.45) is 1.25. The first kappa shape index (κ1) is 14.4. The van der Waals surface area contributed by atoms with Crippen LogP contribution < -0.4 is 5.32 Å². The van der Waals surface area contributed by atoms with Gasteiger partial charge < -0.3 is 14.8 Å². The van der Waals surface area contributed by atoms with E-state index in [2.05, 4.69) is 17.1 Å². The predicted octanol–water partition coefficient (Wildman–Crippen LogP) is 0.248. The smallest absolute Gasteiger partial charge is 0.324 e. The Bertz CT molecular complexity index is 236. The highest BCUT2D eigenvalue weighted by atomic mass is 16.5. The normalized spacial score (nSPS) is 24.1. The van der Waals surface area contributed by atoms with Gasteiger partial charge in [0.05, 0.1) is 12.7 Å². The van der Waals surface area contributed by atoms with Gasteiger partial charge in [0.25, 0.3) is 0 Å². The Morgan fingerprint density at radius 3 is 3.06 bits per heavy atom. The number of hydrogen-bond acceptors (Lipinski definition) is 5. The highest BCUT2D eigenvalue weighted by molar-refractivity contribution is 5.76. The van der Waals surface area contributed by atoms with E-state index in [1.807, 2.05) is 6.92 Å². The maximum atomic E-state index is 11.7. The molecule has 0 aliphatic carbocycles. The molecule has 0 amide bonds. The Kier molecular flexibility index (Phi) is 6.47. The summed E-state index contributed by atoms with van der Waals surface area (Å²) in [7, 11) is 1.79.